The lowest BCUT2D eigenvalue weighted by Gasteiger charge is -2.16. The van der Waals surface area contributed by atoms with Crippen molar-refractivity contribution in [3.63, 3.8) is 0 Å². The molecule has 2 N–H and O–H groups in total. The third kappa shape index (κ3) is 7.55. The fourth-order valence-electron chi connectivity index (χ4n) is 0.884. The minimum absolute atomic E-state index is 0.304. The van der Waals surface area contributed by atoms with Crippen molar-refractivity contribution >= 4 is 6.09 Å². The molecule has 5 nitrogen and oxygen atoms in total. The first-order valence-corrected chi connectivity index (χ1v) is 4.40. The number of nitrogens with one attached hydrogen (secondary N) is 1. The summed E-state index contributed by atoms with van der Waals surface area (Å²) >= 11 is 0. The number of rotatable bonds is 7. The molecule has 0 bridgehead atoms. The van der Waals surface area contributed by atoms with Gasteiger partial charge in [-0.25, -0.2) is 4.79 Å². The molecule has 0 spiro atoms. The van der Waals surface area contributed by atoms with Gasteiger partial charge in [-0.05, 0) is 13.8 Å². The molecule has 0 radical (unpaired) electrons. The van der Waals surface area contributed by atoms with Crippen LogP contribution in [0, 0.1) is 0 Å². The van der Waals surface area contributed by atoms with E-state index in [1.54, 1.807) is 0 Å². The van der Waals surface area contributed by atoms with E-state index in [0.29, 0.717) is 26.2 Å². The van der Waals surface area contributed by atoms with Gasteiger partial charge in [0, 0.05) is 26.2 Å². The Hall–Kier alpha value is -0.810. The van der Waals surface area contributed by atoms with Crippen LogP contribution >= 0.6 is 0 Å². The van der Waals surface area contributed by atoms with Gasteiger partial charge in [0.05, 0.1) is 0 Å². The SMILES string of the molecule is CCOC(CCNC(=O)O)OCC. The molecule has 0 aromatic carbocycles. The summed E-state index contributed by atoms with van der Waals surface area (Å²) in [5.74, 6) is 0. The molecule has 0 unspecified atom stereocenters. The number of carbonyl (C=O) groups is 1. The summed E-state index contributed by atoms with van der Waals surface area (Å²) in [6, 6.07) is 0. The molecular formula is C8H17NO4. The molecule has 0 aromatic rings. The zero-order valence-electron chi connectivity index (χ0n) is 8.08. The maximum absolute atomic E-state index is 10.1. The lowest BCUT2D eigenvalue weighted by atomic mass is 10.4. The van der Waals surface area contributed by atoms with Gasteiger partial charge in [-0.1, -0.05) is 0 Å². The summed E-state index contributed by atoms with van der Waals surface area (Å²) in [7, 11) is 0. The fraction of sp³-hybridized carbons (Fsp3) is 0.875. The summed E-state index contributed by atoms with van der Waals surface area (Å²) in [6.07, 6.45) is -0.790. The van der Waals surface area contributed by atoms with E-state index in [4.69, 9.17) is 14.6 Å². The Kier molecular flexibility index (Phi) is 7.33. The van der Waals surface area contributed by atoms with E-state index in [1.165, 1.54) is 0 Å². The van der Waals surface area contributed by atoms with Gasteiger partial charge in [0.2, 0.25) is 0 Å². The van der Waals surface area contributed by atoms with Gasteiger partial charge < -0.3 is 19.9 Å². The fourth-order valence-corrected chi connectivity index (χ4v) is 0.884. The van der Waals surface area contributed by atoms with Crippen molar-refractivity contribution in [3.8, 4) is 0 Å². The van der Waals surface area contributed by atoms with Gasteiger partial charge in [0.1, 0.15) is 0 Å². The van der Waals surface area contributed by atoms with Gasteiger partial charge in [-0.15, -0.1) is 0 Å². The minimum atomic E-state index is -1.02. The molecule has 0 saturated carbocycles. The molecule has 0 rings (SSSR count). The normalized spacial score (nSPS) is 10.4. The predicted octanol–water partition coefficient (Wildman–Crippen LogP) is 1.04. The first kappa shape index (κ1) is 12.2. The van der Waals surface area contributed by atoms with Crippen LogP contribution in [0.4, 0.5) is 4.79 Å². The average Bonchev–Trinajstić information content (AvgIpc) is 2.04. The quantitative estimate of drug-likeness (QED) is 0.590. The van der Waals surface area contributed by atoms with Gasteiger partial charge >= 0.3 is 6.09 Å². The Labute approximate surface area is 78.0 Å². The Morgan fingerprint density at radius 1 is 1.38 bits per heavy atom. The minimum Gasteiger partial charge on any atom is -0.465 e. The van der Waals surface area contributed by atoms with Crippen LogP contribution in [0.3, 0.4) is 0 Å². The van der Waals surface area contributed by atoms with Gasteiger partial charge in [0.25, 0.3) is 0 Å². The maximum Gasteiger partial charge on any atom is 0.404 e. The summed E-state index contributed by atoms with van der Waals surface area (Å²) in [6.45, 7) is 5.22. The number of ether oxygens (including phenoxy) is 2. The summed E-state index contributed by atoms with van der Waals surface area (Å²) < 4.78 is 10.4. The first-order valence-electron chi connectivity index (χ1n) is 4.40. The zero-order valence-corrected chi connectivity index (χ0v) is 8.08. The molecule has 0 heterocycles. The highest BCUT2D eigenvalue weighted by Gasteiger charge is 2.07. The Morgan fingerprint density at radius 3 is 2.31 bits per heavy atom. The van der Waals surface area contributed by atoms with E-state index in [2.05, 4.69) is 5.32 Å². The highest BCUT2D eigenvalue weighted by Crippen LogP contribution is 1.99. The predicted molar refractivity (Wildman–Crippen MR) is 47.7 cm³/mol. The Balaban J connectivity index is 3.49. The van der Waals surface area contributed by atoms with Crippen molar-refractivity contribution in [1.82, 2.24) is 5.32 Å². The standard InChI is InChI=1S/C8H17NO4/c1-3-12-7(13-4-2)5-6-9-8(10)11/h7,9H,3-6H2,1-2H3,(H,10,11). The second-order valence-electron chi connectivity index (χ2n) is 2.36. The van der Waals surface area contributed by atoms with Gasteiger partial charge in [-0.3, -0.25) is 0 Å². The van der Waals surface area contributed by atoms with Crippen molar-refractivity contribution in [3.05, 3.63) is 0 Å². The van der Waals surface area contributed by atoms with E-state index >= 15 is 0 Å². The van der Waals surface area contributed by atoms with Crippen molar-refractivity contribution in [2.24, 2.45) is 0 Å². The average molecular weight is 191 g/mol. The second-order valence-corrected chi connectivity index (χ2v) is 2.36. The van der Waals surface area contributed by atoms with Crippen molar-refractivity contribution < 1.29 is 19.4 Å². The van der Waals surface area contributed by atoms with Crippen molar-refractivity contribution in [2.75, 3.05) is 19.8 Å². The number of hydrogen-bond donors (Lipinski definition) is 2. The van der Waals surface area contributed by atoms with Crippen LogP contribution in [0.2, 0.25) is 0 Å². The van der Waals surface area contributed by atoms with Crippen molar-refractivity contribution in [1.29, 1.82) is 0 Å². The Bertz CT molecular complexity index is 134. The molecule has 78 valence electrons. The number of hydrogen-bond acceptors (Lipinski definition) is 3. The van der Waals surface area contributed by atoms with Crippen LogP contribution in [-0.2, 0) is 9.47 Å². The molecule has 0 aliphatic rings. The smallest absolute Gasteiger partial charge is 0.404 e. The third-order valence-electron chi connectivity index (χ3n) is 1.36. The monoisotopic (exact) mass is 191 g/mol. The van der Waals surface area contributed by atoms with E-state index in [0.717, 1.165) is 0 Å². The van der Waals surface area contributed by atoms with Gasteiger partial charge in [0.15, 0.2) is 6.29 Å². The molecule has 0 atom stereocenters. The summed E-state index contributed by atoms with van der Waals surface area (Å²) in [5.41, 5.74) is 0. The molecular weight excluding hydrogens is 174 g/mol. The van der Waals surface area contributed by atoms with E-state index in [9.17, 15) is 4.79 Å². The topological polar surface area (TPSA) is 67.8 Å². The molecule has 5 heteroatoms. The van der Waals surface area contributed by atoms with Crippen molar-refractivity contribution in [2.45, 2.75) is 26.6 Å². The second kappa shape index (κ2) is 7.82. The number of carboxylic acid groups (broad SMARTS) is 1. The molecule has 0 aromatic heterocycles. The van der Waals surface area contributed by atoms with Crippen LogP contribution in [0.25, 0.3) is 0 Å². The van der Waals surface area contributed by atoms with E-state index in [-0.39, 0.29) is 6.29 Å². The molecule has 0 fully saturated rings. The lowest BCUT2D eigenvalue weighted by molar-refractivity contribution is -0.138. The van der Waals surface area contributed by atoms with Gasteiger partial charge in [-0.2, -0.15) is 0 Å². The number of amides is 1. The maximum atomic E-state index is 10.1. The van der Waals surface area contributed by atoms with Crippen LogP contribution in [0.5, 0.6) is 0 Å². The van der Waals surface area contributed by atoms with E-state index in [1.807, 2.05) is 13.8 Å². The zero-order chi connectivity index (χ0) is 10.1. The first-order chi connectivity index (χ1) is 6.20. The van der Waals surface area contributed by atoms with Crippen LogP contribution in [0.15, 0.2) is 0 Å². The highest BCUT2D eigenvalue weighted by atomic mass is 16.7. The van der Waals surface area contributed by atoms with Crippen LogP contribution in [-0.4, -0.2) is 37.2 Å². The van der Waals surface area contributed by atoms with Crippen LogP contribution in [0.1, 0.15) is 20.3 Å². The highest BCUT2D eigenvalue weighted by molar-refractivity contribution is 5.64. The largest absolute Gasteiger partial charge is 0.465 e. The van der Waals surface area contributed by atoms with E-state index < -0.39 is 6.09 Å². The molecule has 0 aliphatic heterocycles. The van der Waals surface area contributed by atoms with Crippen LogP contribution < -0.4 is 5.32 Å². The third-order valence-corrected chi connectivity index (χ3v) is 1.36. The molecule has 1 amide bonds. The Morgan fingerprint density at radius 2 is 1.92 bits per heavy atom. The summed E-state index contributed by atoms with van der Waals surface area (Å²) in [5, 5.41) is 10.5. The lowest BCUT2D eigenvalue weighted by Crippen LogP contribution is -2.27. The molecule has 0 aliphatic carbocycles. The molecule has 0 saturated heterocycles. The summed E-state index contributed by atoms with van der Waals surface area (Å²) in [4.78, 5) is 10.1. The molecule has 13 heavy (non-hydrogen) atoms.